The van der Waals surface area contributed by atoms with E-state index < -0.39 is 0 Å². The molecule has 2 amide bonds. The molecule has 1 saturated carbocycles. The minimum absolute atomic E-state index is 0.0390. The van der Waals surface area contributed by atoms with Crippen molar-refractivity contribution in [2.75, 3.05) is 20.8 Å². The third-order valence-corrected chi connectivity index (χ3v) is 7.09. The van der Waals surface area contributed by atoms with Crippen molar-refractivity contribution in [3.63, 3.8) is 0 Å². The number of amides is 2. The molecule has 0 saturated heterocycles. The number of urea groups is 1. The molecule has 5 rings (SSSR count). The molecular formula is C27H32N4O3. The maximum atomic E-state index is 12.8. The molecule has 1 fully saturated rings. The summed E-state index contributed by atoms with van der Waals surface area (Å²) in [7, 11) is 3.27. The predicted molar refractivity (Wildman–Crippen MR) is 134 cm³/mol. The van der Waals surface area contributed by atoms with Crippen LogP contribution < -0.4 is 14.8 Å². The van der Waals surface area contributed by atoms with Gasteiger partial charge in [0.25, 0.3) is 0 Å². The Hall–Kier alpha value is -3.48. The van der Waals surface area contributed by atoms with E-state index in [1.54, 1.807) is 14.2 Å². The number of nitrogens with one attached hydrogen (secondary N) is 2. The number of carbonyl (C=O) groups excluding carboxylic acids is 1. The molecule has 0 radical (unpaired) electrons. The molecule has 3 heterocycles. The lowest BCUT2D eigenvalue weighted by atomic mass is 9.95. The lowest BCUT2D eigenvalue weighted by Crippen LogP contribution is -2.49. The lowest BCUT2D eigenvalue weighted by Gasteiger charge is -2.33. The largest absolute Gasteiger partial charge is 0.493 e. The van der Waals surface area contributed by atoms with Crippen LogP contribution in [-0.2, 0) is 0 Å². The average Bonchev–Trinajstić information content (AvgIpc) is 3.52. The fraction of sp³-hybridized carbons (Fsp3) is 0.407. The van der Waals surface area contributed by atoms with Gasteiger partial charge in [-0.2, -0.15) is 0 Å². The normalized spacial score (nSPS) is 18.7. The first-order valence-corrected chi connectivity index (χ1v) is 12.0. The molecule has 2 N–H and O–H groups in total. The highest BCUT2D eigenvalue weighted by Gasteiger charge is 2.27. The molecule has 0 bridgehead atoms. The first-order valence-electron chi connectivity index (χ1n) is 12.0. The molecular weight excluding hydrogens is 428 g/mol. The van der Waals surface area contributed by atoms with Gasteiger partial charge in [-0.05, 0) is 55.5 Å². The summed E-state index contributed by atoms with van der Waals surface area (Å²) in [5, 5.41) is 4.30. The maximum absolute atomic E-state index is 12.8. The van der Waals surface area contributed by atoms with Crippen LogP contribution in [0.1, 0.15) is 44.6 Å². The number of methoxy groups -OCH3 is 2. The smallest absolute Gasteiger partial charge is 0.318 e. The van der Waals surface area contributed by atoms with Crippen molar-refractivity contribution < 1.29 is 14.3 Å². The number of nitrogens with zero attached hydrogens (tertiary/aromatic N) is 2. The second-order valence-electron chi connectivity index (χ2n) is 9.20. The number of aromatic amines is 1. The van der Waals surface area contributed by atoms with Crippen molar-refractivity contribution in [2.24, 2.45) is 0 Å². The van der Waals surface area contributed by atoms with Gasteiger partial charge in [0, 0.05) is 47.5 Å². The van der Waals surface area contributed by atoms with Crippen LogP contribution in [0.5, 0.6) is 11.5 Å². The number of carbonyl (C=O) groups is 1. The number of fused-ring (bicyclic) bond motifs is 1. The Morgan fingerprint density at radius 3 is 2.65 bits per heavy atom. The third kappa shape index (κ3) is 4.22. The highest BCUT2D eigenvalue weighted by molar-refractivity contribution is 5.93. The van der Waals surface area contributed by atoms with Gasteiger partial charge >= 0.3 is 6.03 Å². The van der Waals surface area contributed by atoms with Crippen molar-refractivity contribution in [2.45, 2.75) is 51.1 Å². The predicted octanol–water partition coefficient (Wildman–Crippen LogP) is 5.38. The molecule has 2 aliphatic rings. The summed E-state index contributed by atoms with van der Waals surface area (Å²) < 4.78 is 10.8. The number of benzene rings is 1. The SMILES string of the molecule is COc1ccc(-c2cnc3[nH]cc(C4=CC(C)N(C(=O)NC5CCCC5)CC4)c3c2)cc1OC. The summed E-state index contributed by atoms with van der Waals surface area (Å²) in [6.07, 6.45) is 11.5. The van der Waals surface area contributed by atoms with Gasteiger partial charge in [-0.3, -0.25) is 0 Å². The molecule has 0 spiro atoms. The van der Waals surface area contributed by atoms with Crippen LogP contribution in [0.4, 0.5) is 4.79 Å². The summed E-state index contributed by atoms with van der Waals surface area (Å²) in [6.45, 7) is 2.80. The quantitative estimate of drug-likeness (QED) is 0.536. The van der Waals surface area contributed by atoms with Crippen molar-refractivity contribution in [1.29, 1.82) is 0 Å². The van der Waals surface area contributed by atoms with Gasteiger partial charge in [0.1, 0.15) is 5.65 Å². The lowest BCUT2D eigenvalue weighted by molar-refractivity contribution is 0.184. The van der Waals surface area contributed by atoms with Crippen LogP contribution in [-0.4, -0.2) is 53.7 Å². The van der Waals surface area contributed by atoms with Gasteiger partial charge in [-0.25, -0.2) is 9.78 Å². The molecule has 1 atom stereocenters. The van der Waals surface area contributed by atoms with E-state index >= 15 is 0 Å². The van der Waals surface area contributed by atoms with E-state index in [1.165, 1.54) is 18.4 Å². The zero-order chi connectivity index (χ0) is 23.7. The summed E-state index contributed by atoms with van der Waals surface area (Å²) >= 11 is 0. The summed E-state index contributed by atoms with van der Waals surface area (Å²) in [4.78, 5) is 22.7. The fourth-order valence-corrected chi connectivity index (χ4v) is 5.19. The maximum Gasteiger partial charge on any atom is 0.318 e. The van der Waals surface area contributed by atoms with E-state index in [0.29, 0.717) is 24.1 Å². The van der Waals surface area contributed by atoms with E-state index in [4.69, 9.17) is 9.47 Å². The number of hydrogen-bond acceptors (Lipinski definition) is 4. The first-order chi connectivity index (χ1) is 16.6. The molecule has 7 heteroatoms. The Bertz CT molecular complexity index is 1230. The number of rotatable bonds is 5. The first kappa shape index (κ1) is 22.3. The molecule has 178 valence electrons. The summed E-state index contributed by atoms with van der Waals surface area (Å²) in [5.41, 5.74) is 5.27. The van der Waals surface area contributed by atoms with E-state index in [2.05, 4.69) is 34.4 Å². The van der Waals surface area contributed by atoms with Crippen LogP contribution in [0.2, 0.25) is 0 Å². The van der Waals surface area contributed by atoms with Gasteiger partial charge in [0.05, 0.1) is 14.2 Å². The number of H-pyrrole nitrogens is 1. The van der Waals surface area contributed by atoms with Crippen molar-refractivity contribution in [3.8, 4) is 22.6 Å². The zero-order valence-electron chi connectivity index (χ0n) is 20.1. The van der Waals surface area contributed by atoms with E-state index in [9.17, 15) is 4.79 Å². The van der Waals surface area contributed by atoms with Crippen LogP contribution in [0, 0.1) is 0 Å². The number of ether oxygens (including phenoxy) is 2. The van der Waals surface area contributed by atoms with Crippen LogP contribution in [0.3, 0.4) is 0 Å². The Labute approximate surface area is 200 Å². The second kappa shape index (κ2) is 9.41. The minimum atomic E-state index is 0.0390. The van der Waals surface area contributed by atoms with Gasteiger partial charge in [-0.15, -0.1) is 0 Å². The standard InChI is InChI=1S/C27H32N4O3/c1-17-12-19(10-11-31(17)27(32)30-21-6-4-5-7-21)23-16-29-26-22(23)13-20(15-28-26)18-8-9-24(33-2)25(14-18)34-3/h8-9,12-17,21H,4-7,10-11H2,1-3H3,(H,28,29)(H,30,32). The van der Waals surface area contributed by atoms with Crippen molar-refractivity contribution in [3.05, 3.63) is 48.3 Å². The molecule has 7 nitrogen and oxygen atoms in total. The third-order valence-electron chi connectivity index (χ3n) is 7.09. The molecule has 2 aromatic heterocycles. The van der Waals surface area contributed by atoms with E-state index in [1.807, 2.05) is 35.5 Å². The van der Waals surface area contributed by atoms with Crippen LogP contribution in [0.25, 0.3) is 27.7 Å². The van der Waals surface area contributed by atoms with Gasteiger partial charge < -0.3 is 24.7 Å². The fourth-order valence-electron chi connectivity index (χ4n) is 5.19. The van der Waals surface area contributed by atoms with Crippen molar-refractivity contribution in [1.82, 2.24) is 20.2 Å². The second-order valence-corrected chi connectivity index (χ2v) is 9.20. The van der Waals surface area contributed by atoms with Crippen LogP contribution in [0.15, 0.2) is 42.7 Å². The molecule has 1 unspecified atom stereocenters. The summed E-state index contributed by atoms with van der Waals surface area (Å²) in [5.74, 6) is 1.39. The minimum Gasteiger partial charge on any atom is -0.493 e. The number of aromatic nitrogens is 2. The van der Waals surface area contributed by atoms with Gasteiger partial charge in [0.2, 0.25) is 0 Å². The Morgan fingerprint density at radius 1 is 1.12 bits per heavy atom. The summed E-state index contributed by atoms with van der Waals surface area (Å²) in [6, 6.07) is 8.49. The highest BCUT2D eigenvalue weighted by atomic mass is 16.5. The molecule has 3 aromatic rings. The topological polar surface area (TPSA) is 79.5 Å². The number of pyridine rings is 1. The Balaban J connectivity index is 1.40. The highest BCUT2D eigenvalue weighted by Crippen LogP contribution is 2.35. The molecule has 1 aromatic carbocycles. The van der Waals surface area contributed by atoms with Crippen molar-refractivity contribution >= 4 is 22.6 Å². The Kier molecular flexibility index (Phi) is 6.18. The van der Waals surface area contributed by atoms with E-state index in [0.717, 1.165) is 47.0 Å². The van der Waals surface area contributed by atoms with Crippen LogP contribution >= 0.6 is 0 Å². The number of hydrogen-bond donors (Lipinski definition) is 2. The zero-order valence-corrected chi connectivity index (χ0v) is 20.1. The molecule has 34 heavy (non-hydrogen) atoms. The monoisotopic (exact) mass is 460 g/mol. The molecule has 1 aliphatic carbocycles. The average molecular weight is 461 g/mol. The molecule has 1 aliphatic heterocycles. The van der Waals surface area contributed by atoms with Gasteiger partial charge in [-0.1, -0.05) is 25.0 Å². The van der Waals surface area contributed by atoms with E-state index in [-0.39, 0.29) is 12.1 Å². The van der Waals surface area contributed by atoms with Gasteiger partial charge in [0.15, 0.2) is 11.5 Å². The Morgan fingerprint density at radius 2 is 1.91 bits per heavy atom.